The molecule has 6 heteroatoms. The van der Waals surface area contributed by atoms with Crippen LogP contribution in [0.1, 0.15) is 47.5 Å². The summed E-state index contributed by atoms with van der Waals surface area (Å²) in [5.74, 6) is 0.431. The summed E-state index contributed by atoms with van der Waals surface area (Å²) < 4.78 is 5.37. The number of carbonyl (C=O) groups is 2. The summed E-state index contributed by atoms with van der Waals surface area (Å²) in [5, 5.41) is 2.92. The van der Waals surface area contributed by atoms with Crippen LogP contribution in [0.25, 0.3) is 0 Å². The summed E-state index contributed by atoms with van der Waals surface area (Å²) in [4.78, 5) is 25.5. The molecule has 3 N–H and O–H groups in total. The van der Waals surface area contributed by atoms with Gasteiger partial charge in [-0.1, -0.05) is 13.8 Å². The molecule has 6 nitrogen and oxygen atoms in total. The number of hydrogen-bond donors (Lipinski definition) is 2. The molecule has 2 amide bonds. The molecule has 0 saturated carbocycles. The lowest BCUT2D eigenvalue weighted by molar-refractivity contribution is -0.123. The predicted octanol–water partition coefficient (Wildman–Crippen LogP) is 1.73. The molecule has 1 atom stereocenters. The second kappa shape index (κ2) is 7.81. The van der Waals surface area contributed by atoms with Crippen LogP contribution in [0.5, 0.6) is 0 Å². The normalized spacial score (nSPS) is 18.2. The third kappa shape index (κ3) is 6.22. The average Bonchev–Trinajstić information content (AvgIpc) is 2.42. The van der Waals surface area contributed by atoms with E-state index >= 15 is 0 Å². The molecular weight excluding hydrogens is 282 g/mol. The van der Waals surface area contributed by atoms with Gasteiger partial charge in [-0.2, -0.15) is 0 Å². The standard InChI is InChI=1S/C16H31N3O3/c1-11(2)13(17)14(20)18-10-12-6-8-19(9-7-12)15(21)22-16(3,4)5/h11-13H,6-10,17H2,1-5H3,(H,18,20). The van der Waals surface area contributed by atoms with Gasteiger partial charge in [0.05, 0.1) is 6.04 Å². The van der Waals surface area contributed by atoms with E-state index in [1.165, 1.54) is 0 Å². The second-order valence-electron chi connectivity index (χ2n) is 7.43. The molecule has 0 spiro atoms. The molecule has 22 heavy (non-hydrogen) atoms. The van der Waals surface area contributed by atoms with Gasteiger partial charge < -0.3 is 20.7 Å². The van der Waals surface area contributed by atoms with E-state index in [4.69, 9.17) is 10.5 Å². The lowest BCUT2D eigenvalue weighted by Gasteiger charge is -2.33. The molecule has 1 aliphatic heterocycles. The molecule has 1 saturated heterocycles. The molecule has 1 unspecified atom stereocenters. The topological polar surface area (TPSA) is 84.7 Å². The van der Waals surface area contributed by atoms with Crippen molar-refractivity contribution in [3.8, 4) is 0 Å². The zero-order valence-corrected chi connectivity index (χ0v) is 14.5. The third-order valence-electron chi connectivity index (χ3n) is 3.85. The highest BCUT2D eigenvalue weighted by Crippen LogP contribution is 2.19. The maximum atomic E-state index is 12.0. The predicted molar refractivity (Wildman–Crippen MR) is 86.4 cm³/mol. The summed E-state index contributed by atoms with van der Waals surface area (Å²) >= 11 is 0. The number of nitrogens with one attached hydrogen (secondary N) is 1. The Morgan fingerprint density at radius 3 is 2.27 bits per heavy atom. The zero-order valence-electron chi connectivity index (χ0n) is 14.5. The fourth-order valence-corrected chi connectivity index (χ4v) is 2.31. The van der Waals surface area contributed by atoms with E-state index in [0.717, 1.165) is 12.8 Å². The van der Waals surface area contributed by atoms with Gasteiger partial charge in [0.2, 0.25) is 5.91 Å². The van der Waals surface area contributed by atoms with Crippen molar-refractivity contribution >= 4 is 12.0 Å². The Morgan fingerprint density at radius 2 is 1.82 bits per heavy atom. The molecule has 0 aromatic rings. The largest absolute Gasteiger partial charge is 0.444 e. The van der Waals surface area contributed by atoms with Crippen LogP contribution < -0.4 is 11.1 Å². The van der Waals surface area contributed by atoms with Gasteiger partial charge in [0.15, 0.2) is 0 Å². The monoisotopic (exact) mass is 313 g/mol. The van der Waals surface area contributed by atoms with Gasteiger partial charge in [0, 0.05) is 19.6 Å². The number of amides is 2. The van der Waals surface area contributed by atoms with E-state index in [9.17, 15) is 9.59 Å². The number of nitrogens with two attached hydrogens (primary N) is 1. The highest BCUT2D eigenvalue weighted by Gasteiger charge is 2.27. The fraction of sp³-hybridized carbons (Fsp3) is 0.875. The number of nitrogens with zero attached hydrogens (tertiary/aromatic N) is 1. The Morgan fingerprint density at radius 1 is 1.27 bits per heavy atom. The minimum Gasteiger partial charge on any atom is -0.444 e. The number of piperidine rings is 1. The maximum Gasteiger partial charge on any atom is 0.410 e. The van der Waals surface area contributed by atoms with Gasteiger partial charge in [0.1, 0.15) is 5.60 Å². The fourth-order valence-electron chi connectivity index (χ4n) is 2.31. The van der Waals surface area contributed by atoms with Gasteiger partial charge in [-0.15, -0.1) is 0 Å². The summed E-state index contributed by atoms with van der Waals surface area (Å²) in [6.07, 6.45) is 1.49. The first-order chi connectivity index (χ1) is 10.1. The molecule has 128 valence electrons. The molecule has 1 fully saturated rings. The van der Waals surface area contributed by atoms with Crippen molar-refractivity contribution in [3.05, 3.63) is 0 Å². The van der Waals surface area contributed by atoms with Crippen LogP contribution >= 0.6 is 0 Å². The minimum absolute atomic E-state index is 0.0930. The Bertz CT molecular complexity index is 383. The number of carbonyl (C=O) groups excluding carboxylic acids is 2. The van der Waals surface area contributed by atoms with Crippen LogP contribution in [0.15, 0.2) is 0 Å². The van der Waals surface area contributed by atoms with Crippen molar-refractivity contribution < 1.29 is 14.3 Å². The van der Waals surface area contributed by atoms with Crippen LogP contribution in [-0.4, -0.2) is 48.2 Å². The van der Waals surface area contributed by atoms with E-state index in [0.29, 0.717) is 25.6 Å². The lowest BCUT2D eigenvalue weighted by atomic mass is 9.96. The van der Waals surface area contributed by atoms with E-state index in [1.54, 1.807) is 4.90 Å². The van der Waals surface area contributed by atoms with E-state index in [-0.39, 0.29) is 17.9 Å². The SMILES string of the molecule is CC(C)C(N)C(=O)NCC1CCN(C(=O)OC(C)(C)C)CC1. The number of ether oxygens (including phenoxy) is 1. The minimum atomic E-state index is -0.463. The first kappa shape index (κ1) is 18.7. The Balaban J connectivity index is 2.31. The lowest BCUT2D eigenvalue weighted by Crippen LogP contribution is -2.47. The van der Waals surface area contributed by atoms with Crippen molar-refractivity contribution in [2.75, 3.05) is 19.6 Å². The van der Waals surface area contributed by atoms with E-state index < -0.39 is 11.6 Å². The second-order valence-corrected chi connectivity index (χ2v) is 7.43. The van der Waals surface area contributed by atoms with Crippen LogP contribution in [0, 0.1) is 11.8 Å². The number of likely N-dealkylation sites (tertiary alicyclic amines) is 1. The molecule has 0 aliphatic carbocycles. The van der Waals surface area contributed by atoms with Crippen molar-refractivity contribution in [3.63, 3.8) is 0 Å². The zero-order chi connectivity index (χ0) is 16.9. The first-order valence-corrected chi connectivity index (χ1v) is 8.11. The van der Waals surface area contributed by atoms with E-state index in [2.05, 4.69) is 5.32 Å². The Kier molecular flexibility index (Phi) is 6.66. The van der Waals surface area contributed by atoms with E-state index in [1.807, 2.05) is 34.6 Å². The number of hydrogen-bond acceptors (Lipinski definition) is 4. The molecule has 0 aromatic carbocycles. The molecular formula is C16H31N3O3. The summed E-state index contributed by atoms with van der Waals surface area (Å²) in [6, 6.07) is -0.457. The van der Waals surface area contributed by atoms with Crippen molar-refractivity contribution in [2.24, 2.45) is 17.6 Å². The molecule has 1 aliphatic rings. The summed E-state index contributed by atoms with van der Waals surface area (Å²) in [6.45, 7) is 11.4. The maximum absolute atomic E-state index is 12.0. The molecule has 0 aromatic heterocycles. The van der Waals surface area contributed by atoms with Gasteiger partial charge in [0.25, 0.3) is 0 Å². The summed E-state index contributed by atoms with van der Waals surface area (Å²) in [5.41, 5.74) is 5.35. The van der Waals surface area contributed by atoms with Crippen molar-refractivity contribution in [1.82, 2.24) is 10.2 Å². The van der Waals surface area contributed by atoms with Crippen LogP contribution in [-0.2, 0) is 9.53 Å². The molecule has 0 radical (unpaired) electrons. The van der Waals surface area contributed by atoms with Gasteiger partial charge in [-0.25, -0.2) is 4.79 Å². The van der Waals surface area contributed by atoms with Crippen LogP contribution in [0.3, 0.4) is 0 Å². The summed E-state index contributed by atoms with van der Waals surface area (Å²) in [7, 11) is 0. The van der Waals surface area contributed by atoms with Gasteiger partial charge >= 0.3 is 6.09 Å². The van der Waals surface area contributed by atoms with Crippen molar-refractivity contribution in [2.45, 2.75) is 59.1 Å². The van der Waals surface area contributed by atoms with Crippen molar-refractivity contribution in [1.29, 1.82) is 0 Å². The molecule has 1 heterocycles. The first-order valence-electron chi connectivity index (χ1n) is 8.11. The smallest absolute Gasteiger partial charge is 0.410 e. The van der Waals surface area contributed by atoms with Gasteiger partial charge in [-0.3, -0.25) is 4.79 Å². The Hall–Kier alpha value is -1.30. The van der Waals surface area contributed by atoms with Gasteiger partial charge in [-0.05, 0) is 45.4 Å². The molecule has 1 rings (SSSR count). The van der Waals surface area contributed by atoms with Crippen LogP contribution in [0.2, 0.25) is 0 Å². The van der Waals surface area contributed by atoms with Crippen LogP contribution in [0.4, 0.5) is 4.79 Å². The Labute approximate surface area is 133 Å². The molecule has 0 bridgehead atoms. The average molecular weight is 313 g/mol. The number of rotatable bonds is 4. The quantitative estimate of drug-likeness (QED) is 0.828. The highest BCUT2D eigenvalue weighted by atomic mass is 16.6. The third-order valence-corrected chi connectivity index (χ3v) is 3.85. The highest BCUT2D eigenvalue weighted by molar-refractivity contribution is 5.81.